The van der Waals surface area contributed by atoms with Gasteiger partial charge in [0.1, 0.15) is 30.7 Å². The topological polar surface area (TPSA) is 221 Å². The molecule has 3 rings (SSSR count). The van der Waals surface area contributed by atoms with Crippen molar-refractivity contribution < 1.29 is 47.8 Å². The molecule has 0 saturated heterocycles. The molecule has 15 nitrogen and oxygen atoms in total. The zero-order chi connectivity index (χ0) is 44.8. The first-order valence-electron chi connectivity index (χ1n) is 24.0. The van der Waals surface area contributed by atoms with Crippen LogP contribution in [0.2, 0.25) is 0 Å². The Kier molecular flexibility index (Phi) is 27.4. The van der Waals surface area contributed by atoms with Crippen LogP contribution in [-0.4, -0.2) is 79.8 Å². The molecule has 1 aliphatic carbocycles. The van der Waals surface area contributed by atoms with Gasteiger partial charge >= 0.3 is 11.9 Å². The van der Waals surface area contributed by atoms with Crippen molar-refractivity contribution in [3.05, 3.63) is 24.3 Å². The van der Waals surface area contributed by atoms with Gasteiger partial charge in [0.25, 0.3) is 7.82 Å². The SMILES string of the molecule is CCCCCCCCCCCCCCCC(=O)OC[C@@H](COP(=O)([O-])OCC1=C[C@@H](n2cnc3c(N)ncnc32)[C@H](O)[C@@H]1O)OC(=O)CCCCCCCCCCCCCCC. The third-order valence-electron chi connectivity index (χ3n) is 11.7. The number of imidazole rings is 1. The van der Waals surface area contributed by atoms with Crippen LogP contribution in [0.1, 0.15) is 200 Å². The number of anilines is 1. The van der Waals surface area contributed by atoms with Crippen molar-refractivity contribution in [1.82, 2.24) is 19.5 Å². The highest BCUT2D eigenvalue weighted by Crippen LogP contribution is 2.41. The van der Waals surface area contributed by atoms with E-state index in [-0.39, 0.29) is 30.8 Å². The van der Waals surface area contributed by atoms with E-state index in [1.807, 2.05) is 0 Å². The number of unbranched alkanes of at least 4 members (excludes halogenated alkanes) is 24. The molecule has 0 aliphatic heterocycles. The van der Waals surface area contributed by atoms with Crippen molar-refractivity contribution in [2.45, 2.75) is 218 Å². The molecule has 2 aromatic heterocycles. The molecule has 5 atom stereocenters. The molecular formula is C46H79N5O10P-. The average molecular weight is 893 g/mol. The molecular weight excluding hydrogens is 814 g/mol. The lowest BCUT2D eigenvalue weighted by atomic mass is 10.0. The monoisotopic (exact) mass is 893 g/mol. The number of aromatic nitrogens is 4. The summed E-state index contributed by atoms with van der Waals surface area (Å²) in [6.07, 6.45) is 31.1. The summed E-state index contributed by atoms with van der Waals surface area (Å²) in [5.41, 5.74) is 6.61. The summed E-state index contributed by atoms with van der Waals surface area (Å²) in [6.45, 7) is 2.85. The number of phosphoric acid groups is 1. The fraction of sp³-hybridized carbons (Fsp3) is 0.804. The van der Waals surface area contributed by atoms with Gasteiger partial charge in [-0.1, -0.05) is 174 Å². The van der Waals surface area contributed by atoms with E-state index in [0.717, 1.165) is 38.5 Å². The Morgan fingerprint density at radius 2 is 1.19 bits per heavy atom. The largest absolute Gasteiger partial charge is 0.756 e. The molecule has 0 saturated carbocycles. The summed E-state index contributed by atoms with van der Waals surface area (Å²) in [4.78, 5) is 50.7. The quantitative estimate of drug-likeness (QED) is 0.0247. The zero-order valence-corrected chi connectivity index (χ0v) is 38.8. The second kappa shape index (κ2) is 31.8. The molecule has 62 heavy (non-hydrogen) atoms. The van der Waals surface area contributed by atoms with Crippen molar-refractivity contribution in [3.63, 3.8) is 0 Å². The number of esters is 2. The van der Waals surface area contributed by atoms with Crippen LogP contribution < -0.4 is 10.6 Å². The number of nitrogen functional groups attached to an aromatic ring is 1. The van der Waals surface area contributed by atoms with Crippen LogP contribution in [0.3, 0.4) is 0 Å². The number of carbonyl (C=O) groups is 2. The second-order valence-corrected chi connectivity index (χ2v) is 18.5. The predicted molar refractivity (Wildman–Crippen MR) is 240 cm³/mol. The number of aliphatic hydroxyl groups excluding tert-OH is 2. The average Bonchev–Trinajstić information content (AvgIpc) is 3.81. The highest BCUT2D eigenvalue weighted by atomic mass is 31.2. The Morgan fingerprint density at radius 1 is 0.710 bits per heavy atom. The Labute approximate surface area is 371 Å². The van der Waals surface area contributed by atoms with E-state index in [0.29, 0.717) is 24.0 Å². The standard InChI is InChI=1S/C46H80N5O10P/c1-3-5-7-9-11-13-15-17-19-21-23-25-27-29-40(52)58-33-38(61-41(53)30-28-26-24-22-20-18-16-14-12-10-8-6-4-2)34-60-62(56,57)59-32-37-31-39(44(55)43(37)54)51-36-50-42-45(47)48-35-49-46(42)51/h31,35-36,38-39,43-44,54-55H,3-30,32-34H2,1-2H3,(H,56,57)(H2,47,48,49)/p-1/t38-,39+,43+,44-/m0/s1. The highest BCUT2D eigenvalue weighted by Gasteiger charge is 2.37. The van der Waals surface area contributed by atoms with Crippen molar-refractivity contribution in [2.75, 3.05) is 25.6 Å². The number of hydrogen-bond donors (Lipinski definition) is 3. The molecule has 1 aliphatic rings. The van der Waals surface area contributed by atoms with E-state index in [1.165, 1.54) is 139 Å². The Hall–Kier alpha value is -2.94. The number of fused-ring (bicyclic) bond motifs is 1. The molecule has 1 unspecified atom stereocenters. The number of ether oxygens (including phenoxy) is 2. The number of nitrogens with two attached hydrogens (primary N) is 1. The molecule has 0 spiro atoms. The van der Waals surface area contributed by atoms with Gasteiger partial charge < -0.3 is 43.9 Å². The van der Waals surface area contributed by atoms with Crippen LogP contribution >= 0.6 is 7.82 Å². The summed E-state index contributed by atoms with van der Waals surface area (Å²) in [5, 5.41) is 21.5. The molecule has 0 fully saturated rings. The molecule has 0 bridgehead atoms. The highest BCUT2D eigenvalue weighted by molar-refractivity contribution is 7.45. The fourth-order valence-corrected chi connectivity index (χ4v) is 8.58. The lowest BCUT2D eigenvalue weighted by molar-refractivity contribution is -0.227. The first kappa shape index (κ1) is 53.4. The molecule has 0 amide bonds. The van der Waals surface area contributed by atoms with Gasteiger partial charge in [0.05, 0.1) is 25.6 Å². The maximum Gasteiger partial charge on any atom is 0.306 e. The van der Waals surface area contributed by atoms with Crippen molar-refractivity contribution in [3.8, 4) is 0 Å². The summed E-state index contributed by atoms with van der Waals surface area (Å²) in [5.74, 6) is -0.844. The van der Waals surface area contributed by atoms with Crippen molar-refractivity contribution >= 4 is 36.7 Å². The Morgan fingerprint density at radius 3 is 1.71 bits per heavy atom. The third kappa shape index (κ3) is 21.6. The molecule has 0 radical (unpaired) electrons. The lowest BCUT2D eigenvalue weighted by Gasteiger charge is -2.26. The van der Waals surface area contributed by atoms with Gasteiger partial charge in [0.2, 0.25) is 0 Å². The molecule has 4 N–H and O–H groups in total. The molecule has 2 heterocycles. The van der Waals surface area contributed by atoms with Gasteiger partial charge in [-0.3, -0.25) is 14.2 Å². The van der Waals surface area contributed by atoms with Crippen LogP contribution in [0.4, 0.5) is 5.82 Å². The van der Waals surface area contributed by atoms with E-state index < -0.39 is 57.3 Å². The van der Waals surface area contributed by atoms with Crippen molar-refractivity contribution in [2.24, 2.45) is 0 Å². The first-order valence-corrected chi connectivity index (χ1v) is 25.5. The smallest absolute Gasteiger partial charge is 0.306 e. The van der Waals surface area contributed by atoms with Gasteiger partial charge in [-0.05, 0) is 18.4 Å². The number of carbonyl (C=O) groups excluding carboxylic acids is 2. The number of aliphatic hydroxyl groups is 2. The molecule has 16 heteroatoms. The van der Waals surface area contributed by atoms with E-state index in [9.17, 15) is 29.3 Å². The Balaban J connectivity index is 1.42. The van der Waals surface area contributed by atoms with Gasteiger partial charge in [0, 0.05) is 12.8 Å². The first-order chi connectivity index (χ1) is 30.1. The summed E-state index contributed by atoms with van der Waals surface area (Å²) < 4.78 is 35.6. The van der Waals surface area contributed by atoms with E-state index in [4.69, 9.17) is 24.3 Å². The number of rotatable bonds is 38. The van der Waals surface area contributed by atoms with Crippen LogP contribution in [0.15, 0.2) is 24.3 Å². The second-order valence-electron chi connectivity index (χ2n) is 17.0. The molecule has 0 aromatic carbocycles. The van der Waals surface area contributed by atoms with Crippen molar-refractivity contribution in [1.29, 1.82) is 0 Å². The lowest BCUT2D eigenvalue weighted by Crippen LogP contribution is -2.31. The van der Waals surface area contributed by atoms with Gasteiger partial charge in [-0.15, -0.1) is 0 Å². The van der Waals surface area contributed by atoms with Gasteiger partial charge in [0.15, 0.2) is 17.6 Å². The van der Waals surface area contributed by atoms with E-state index >= 15 is 0 Å². The van der Waals surface area contributed by atoms with Crippen LogP contribution in [0.25, 0.3) is 11.2 Å². The van der Waals surface area contributed by atoms with E-state index in [1.54, 1.807) is 0 Å². The maximum atomic E-state index is 12.9. The normalized spacial score (nSPS) is 17.9. The van der Waals surface area contributed by atoms with Crippen LogP contribution in [0.5, 0.6) is 0 Å². The van der Waals surface area contributed by atoms with Crippen LogP contribution in [-0.2, 0) is 32.7 Å². The molecule has 354 valence electrons. The van der Waals surface area contributed by atoms with E-state index in [2.05, 4.69) is 28.8 Å². The predicted octanol–water partition coefficient (Wildman–Crippen LogP) is 9.53. The fourth-order valence-electron chi connectivity index (χ4n) is 7.85. The number of nitrogens with zero attached hydrogens (tertiary/aromatic N) is 4. The minimum Gasteiger partial charge on any atom is -0.756 e. The summed E-state index contributed by atoms with van der Waals surface area (Å²) >= 11 is 0. The Bertz CT molecular complexity index is 1610. The van der Waals surface area contributed by atoms with Crippen LogP contribution in [0, 0.1) is 0 Å². The van der Waals surface area contributed by atoms with Gasteiger partial charge in [-0.25, -0.2) is 15.0 Å². The minimum absolute atomic E-state index is 0.0916. The number of phosphoric ester groups is 1. The maximum absolute atomic E-state index is 12.9. The molecule has 2 aromatic rings. The summed E-state index contributed by atoms with van der Waals surface area (Å²) in [6, 6.07) is -0.844. The third-order valence-corrected chi connectivity index (χ3v) is 12.6. The van der Waals surface area contributed by atoms with Gasteiger partial charge in [-0.2, -0.15) is 0 Å². The minimum atomic E-state index is -5.03. The number of hydrogen-bond acceptors (Lipinski definition) is 14. The zero-order valence-electron chi connectivity index (χ0n) is 37.9. The summed E-state index contributed by atoms with van der Waals surface area (Å²) in [7, 11) is -5.03.